The van der Waals surface area contributed by atoms with Gasteiger partial charge in [0.25, 0.3) is 5.91 Å². The highest BCUT2D eigenvalue weighted by atomic mass is 16.5. The lowest BCUT2D eigenvalue weighted by molar-refractivity contribution is 0.102. The van der Waals surface area contributed by atoms with Crippen LogP contribution in [0.3, 0.4) is 0 Å². The fraction of sp³-hybridized carbons (Fsp3) is 0.400. The van der Waals surface area contributed by atoms with E-state index in [0.717, 1.165) is 29.7 Å². The Hall–Kier alpha value is -2.96. The molecule has 140 valence electrons. The highest BCUT2D eigenvalue weighted by Crippen LogP contribution is 2.34. The van der Waals surface area contributed by atoms with Crippen LogP contribution < -0.4 is 10.1 Å². The molecule has 4 rings (SSSR count). The van der Waals surface area contributed by atoms with Crippen LogP contribution in [0, 0.1) is 5.92 Å². The Balaban J connectivity index is 1.62. The predicted octanol–water partition coefficient (Wildman–Crippen LogP) is 3.84. The van der Waals surface area contributed by atoms with Crippen molar-refractivity contribution in [1.29, 1.82) is 0 Å². The number of methoxy groups -OCH3 is 1. The summed E-state index contributed by atoms with van der Waals surface area (Å²) in [5.41, 5.74) is 1.71. The van der Waals surface area contributed by atoms with Crippen LogP contribution in [0.5, 0.6) is 5.75 Å². The molecule has 2 aromatic heterocycles. The van der Waals surface area contributed by atoms with E-state index in [1.165, 1.54) is 19.0 Å². The van der Waals surface area contributed by atoms with Crippen molar-refractivity contribution in [1.82, 2.24) is 20.0 Å². The van der Waals surface area contributed by atoms with Crippen LogP contribution in [0.15, 0.2) is 36.7 Å². The highest BCUT2D eigenvalue weighted by molar-refractivity contribution is 6.04. The molecule has 1 amide bonds. The van der Waals surface area contributed by atoms with Gasteiger partial charge in [-0.1, -0.05) is 6.92 Å². The third-order valence-electron chi connectivity index (χ3n) is 5.26. The molecule has 1 saturated carbocycles. The molecule has 1 aliphatic carbocycles. The first-order valence-corrected chi connectivity index (χ1v) is 9.30. The van der Waals surface area contributed by atoms with Gasteiger partial charge in [0.05, 0.1) is 24.4 Å². The zero-order valence-corrected chi connectivity index (χ0v) is 15.6. The van der Waals surface area contributed by atoms with Crippen molar-refractivity contribution >= 4 is 22.5 Å². The molecule has 1 aliphatic rings. The van der Waals surface area contributed by atoms with E-state index in [9.17, 15) is 4.79 Å². The maximum atomic E-state index is 12.4. The lowest BCUT2D eigenvalue weighted by Gasteiger charge is -2.26. The maximum Gasteiger partial charge on any atom is 0.276 e. The molecule has 7 heteroatoms. The Labute approximate surface area is 157 Å². The van der Waals surface area contributed by atoms with Gasteiger partial charge < -0.3 is 10.1 Å². The zero-order valence-electron chi connectivity index (χ0n) is 15.6. The summed E-state index contributed by atoms with van der Waals surface area (Å²) >= 11 is 0. The molecule has 7 nitrogen and oxygen atoms in total. The summed E-state index contributed by atoms with van der Waals surface area (Å²) in [4.78, 5) is 12.4. The van der Waals surface area contributed by atoms with Crippen LogP contribution >= 0.6 is 0 Å². The topological polar surface area (TPSA) is 81.9 Å². The van der Waals surface area contributed by atoms with Crippen molar-refractivity contribution in [2.24, 2.45) is 5.92 Å². The molecular formula is C20H23N5O2. The molecule has 1 N–H and O–H groups in total. The molecule has 0 radical (unpaired) electrons. The summed E-state index contributed by atoms with van der Waals surface area (Å²) in [5.74, 6) is 1.05. The number of hydrogen-bond acceptors (Lipinski definition) is 5. The van der Waals surface area contributed by atoms with Crippen LogP contribution in [0.1, 0.15) is 49.1 Å². The van der Waals surface area contributed by atoms with Crippen LogP contribution in [0.2, 0.25) is 0 Å². The fourth-order valence-electron chi connectivity index (χ4n) is 3.64. The summed E-state index contributed by atoms with van der Waals surface area (Å²) in [6, 6.07) is 7.51. The number of nitrogens with one attached hydrogen (secondary N) is 1. The quantitative estimate of drug-likeness (QED) is 0.760. The predicted molar refractivity (Wildman–Crippen MR) is 103 cm³/mol. The van der Waals surface area contributed by atoms with Gasteiger partial charge in [0.15, 0.2) is 5.69 Å². The van der Waals surface area contributed by atoms with Gasteiger partial charge in [-0.2, -0.15) is 10.2 Å². The molecule has 2 heterocycles. The van der Waals surface area contributed by atoms with E-state index in [1.807, 2.05) is 12.1 Å². The lowest BCUT2D eigenvalue weighted by Crippen LogP contribution is -2.16. The molecule has 0 unspecified atom stereocenters. The van der Waals surface area contributed by atoms with E-state index in [1.54, 1.807) is 19.2 Å². The lowest BCUT2D eigenvalue weighted by atomic mass is 9.87. The van der Waals surface area contributed by atoms with Crippen molar-refractivity contribution in [3.63, 3.8) is 0 Å². The Morgan fingerprint density at radius 1 is 1.26 bits per heavy atom. The normalized spacial score (nSPS) is 19.8. The van der Waals surface area contributed by atoms with Gasteiger partial charge >= 0.3 is 0 Å². The van der Waals surface area contributed by atoms with Gasteiger partial charge in [-0.3, -0.25) is 9.48 Å². The SMILES string of the molecule is COc1cc2nn(C3CCC(C)CC3)cc2cc1NC(=O)c1cccnn1. The van der Waals surface area contributed by atoms with Gasteiger partial charge in [-0.25, -0.2) is 0 Å². The minimum Gasteiger partial charge on any atom is -0.494 e. The Morgan fingerprint density at radius 2 is 2.07 bits per heavy atom. The monoisotopic (exact) mass is 365 g/mol. The number of carbonyl (C=O) groups is 1. The minimum atomic E-state index is -0.325. The van der Waals surface area contributed by atoms with E-state index in [0.29, 0.717) is 17.5 Å². The molecule has 1 fully saturated rings. The molecular weight excluding hydrogens is 342 g/mol. The van der Waals surface area contributed by atoms with Crippen molar-refractivity contribution < 1.29 is 9.53 Å². The van der Waals surface area contributed by atoms with Crippen LogP contribution in [-0.2, 0) is 0 Å². The average Bonchev–Trinajstić information content (AvgIpc) is 3.11. The third kappa shape index (κ3) is 3.63. The van der Waals surface area contributed by atoms with Gasteiger partial charge in [0, 0.05) is 23.8 Å². The fourth-order valence-corrected chi connectivity index (χ4v) is 3.64. The molecule has 0 saturated heterocycles. The second kappa shape index (κ2) is 7.34. The largest absolute Gasteiger partial charge is 0.494 e. The average molecular weight is 365 g/mol. The van der Waals surface area contributed by atoms with E-state index >= 15 is 0 Å². The molecule has 3 aromatic rings. The number of fused-ring (bicyclic) bond motifs is 1. The molecule has 0 bridgehead atoms. The van der Waals surface area contributed by atoms with Crippen molar-refractivity contribution in [2.45, 2.75) is 38.6 Å². The van der Waals surface area contributed by atoms with E-state index < -0.39 is 0 Å². The van der Waals surface area contributed by atoms with Crippen LogP contribution in [0.4, 0.5) is 5.69 Å². The first-order chi connectivity index (χ1) is 13.1. The Morgan fingerprint density at radius 3 is 2.78 bits per heavy atom. The van der Waals surface area contributed by atoms with Gasteiger partial charge in [-0.05, 0) is 49.8 Å². The minimum absolute atomic E-state index is 0.256. The first kappa shape index (κ1) is 17.5. The highest BCUT2D eigenvalue weighted by Gasteiger charge is 2.21. The molecule has 0 atom stereocenters. The maximum absolute atomic E-state index is 12.4. The van der Waals surface area contributed by atoms with E-state index in [2.05, 4.69) is 33.3 Å². The Kier molecular flexibility index (Phi) is 4.75. The second-order valence-electron chi connectivity index (χ2n) is 7.20. The number of anilines is 1. The van der Waals surface area contributed by atoms with Gasteiger partial charge in [-0.15, -0.1) is 5.10 Å². The molecule has 27 heavy (non-hydrogen) atoms. The number of ether oxygens (including phenoxy) is 1. The number of benzene rings is 1. The Bertz CT molecular complexity index is 946. The number of rotatable bonds is 4. The standard InChI is InChI=1S/C20H23N5O2/c1-13-5-7-15(8-6-13)25-12-14-10-18(19(27-2)11-17(14)24-25)22-20(26)16-4-3-9-21-23-16/h3-4,9-13,15H,5-8H2,1-2H3,(H,22,26). The van der Waals surface area contributed by atoms with E-state index in [4.69, 9.17) is 9.84 Å². The number of aromatic nitrogens is 4. The zero-order chi connectivity index (χ0) is 18.8. The van der Waals surface area contributed by atoms with Crippen molar-refractivity contribution in [3.8, 4) is 5.75 Å². The third-order valence-corrected chi connectivity index (χ3v) is 5.26. The number of hydrogen-bond donors (Lipinski definition) is 1. The van der Waals surface area contributed by atoms with Crippen molar-refractivity contribution in [3.05, 3.63) is 42.4 Å². The number of nitrogens with zero attached hydrogens (tertiary/aromatic N) is 4. The smallest absolute Gasteiger partial charge is 0.276 e. The van der Waals surface area contributed by atoms with Crippen LogP contribution in [-0.4, -0.2) is 33.0 Å². The summed E-state index contributed by atoms with van der Waals surface area (Å²) in [7, 11) is 1.58. The first-order valence-electron chi connectivity index (χ1n) is 9.30. The van der Waals surface area contributed by atoms with Crippen LogP contribution in [0.25, 0.3) is 10.9 Å². The van der Waals surface area contributed by atoms with Gasteiger partial charge in [0.1, 0.15) is 5.75 Å². The summed E-state index contributed by atoms with van der Waals surface area (Å²) in [6.07, 6.45) is 8.38. The second-order valence-corrected chi connectivity index (χ2v) is 7.20. The van der Waals surface area contributed by atoms with E-state index in [-0.39, 0.29) is 11.6 Å². The number of carbonyl (C=O) groups excluding carboxylic acids is 1. The summed E-state index contributed by atoms with van der Waals surface area (Å²) < 4.78 is 7.53. The molecule has 1 aromatic carbocycles. The molecule has 0 aliphatic heterocycles. The number of amides is 1. The molecule has 0 spiro atoms. The summed E-state index contributed by atoms with van der Waals surface area (Å²) in [6.45, 7) is 2.31. The van der Waals surface area contributed by atoms with Gasteiger partial charge in [0.2, 0.25) is 0 Å². The summed E-state index contributed by atoms with van der Waals surface area (Å²) in [5, 5.41) is 16.2. The van der Waals surface area contributed by atoms with Crippen molar-refractivity contribution in [2.75, 3.05) is 12.4 Å².